The normalized spacial score (nSPS) is 17.0. The van der Waals surface area contributed by atoms with Crippen LogP contribution in [-0.4, -0.2) is 4.89 Å². The molecule has 7 heavy (non-hydrogen) atoms. The Balaban J connectivity index is 0. The predicted molar refractivity (Wildman–Crippen MR) is 29.1 cm³/mol. The van der Waals surface area contributed by atoms with E-state index >= 15 is 0 Å². The first-order valence-corrected chi connectivity index (χ1v) is 4.67. The Morgan fingerprint density at radius 2 is 2.00 bits per heavy atom. The van der Waals surface area contributed by atoms with E-state index < -0.39 is 5.69 Å². The quantitative estimate of drug-likeness (QED) is 0.283. The molecule has 0 radical (unpaired) electrons. The molecule has 0 aromatic heterocycles. The zero-order valence-electron chi connectivity index (χ0n) is 3.10. The minimum Gasteiger partial charge on any atom is -0.690 e. The van der Waals surface area contributed by atoms with Gasteiger partial charge in [-0.2, -0.15) is 0 Å². The average molecular weight is 240 g/mol. The molecule has 0 heterocycles. The van der Waals surface area contributed by atoms with E-state index in [4.69, 9.17) is 4.89 Å². The van der Waals surface area contributed by atoms with Crippen molar-refractivity contribution in [3.63, 3.8) is 0 Å². The summed E-state index contributed by atoms with van der Waals surface area (Å²) in [5.41, 5.74) is -2.95. The van der Waals surface area contributed by atoms with Gasteiger partial charge in [-0.05, 0) is 0 Å². The van der Waals surface area contributed by atoms with Crippen LogP contribution in [0.15, 0.2) is 0 Å². The van der Waals surface area contributed by atoms with Crippen molar-refractivity contribution in [3.8, 4) is 0 Å². The molecule has 0 bridgehead atoms. The molecule has 0 aromatic rings. The van der Waals surface area contributed by atoms with Crippen LogP contribution in [0.25, 0.3) is 0 Å². The van der Waals surface area contributed by atoms with E-state index in [1.807, 2.05) is 0 Å². The van der Waals surface area contributed by atoms with Crippen molar-refractivity contribution in [2.75, 3.05) is 0 Å². The Labute approximate surface area is 66.2 Å². The van der Waals surface area contributed by atoms with Gasteiger partial charge in [0.25, 0.3) is 0 Å². The van der Waals surface area contributed by atoms with Gasteiger partial charge < -0.3 is 17.1 Å². The van der Waals surface area contributed by atoms with Gasteiger partial charge in [-0.3, -0.25) is 4.62 Å². The van der Waals surface area contributed by atoms with Crippen molar-refractivity contribution in [2.24, 2.45) is 5.90 Å². The summed E-state index contributed by atoms with van der Waals surface area (Å²) in [6, 6.07) is 0. The van der Waals surface area contributed by atoms with Crippen molar-refractivity contribution >= 4 is 29.7 Å². The molecular weight excluding hydrogens is 237 g/mol. The SMILES string of the molecule is NOP(O)(=S)[S-].[Mo]. The maximum atomic E-state index is 8.22. The third-order valence-corrected chi connectivity index (χ3v) is 0.916. The van der Waals surface area contributed by atoms with Crippen LogP contribution in [0.3, 0.4) is 0 Å². The van der Waals surface area contributed by atoms with E-state index in [-0.39, 0.29) is 21.1 Å². The summed E-state index contributed by atoms with van der Waals surface area (Å²) < 4.78 is 3.73. The molecule has 0 aromatic carbocycles. The number of nitrogens with two attached hydrogens (primary N) is 1. The van der Waals surface area contributed by atoms with Crippen LogP contribution in [-0.2, 0) is 49.7 Å². The fourth-order valence-corrected chi connectivity index (χ4v) is 0. The minimum absolute atomic E-state index is 0. The van der Waals surface area contributed by atoms with Gasteiger partial charge in [0.1, 0.15) is 0 Å². The molecule has 0 aliphatic carbocycles. The molecule has 0 saturated heterocycles. The summed E-state index contributed by atoms with van der Waals surface area (Å²) in [5.74, 6) is 4.40. The monoisotopic (exact) mass is 242 g/mol. The molecule has 1 atom stereocenters. The van der Waals surface area contributed by atoms with Crippen molar-refractivity contribution in [1.29, 1.82) is 0 Å². The summed E-state index contributed by atoms with van der Waals surface area (Å²) in [4.78, 5) is 8.22. The van der Waals surface area contributed by atoms with E-state index in [0.29, 0.717) is 0 Å². The molecule has 0 spiro atoms. The standard InChI is InChI=1S/Mo.H4NO2PS2/c;1-3-4(2,5)6/h;1H2,(H2,2,5,6)/p-1. The van der Waals surface area contributed by atoms with Crippen LogP contribution in [0.1, 0.15) is 0 Å². The second-order valence-corrected chi connectivity index (χ2v) is 5.38. The molecule has 0 aliphatic heterocycles. The van der Waals surface area contributed by atoms with Gasteiger partial charge in [0.2, 0.25) is 0 Å². The average Bonchev–Trinajstić information content (AvgIpc) is 1.35. The molecule has 7 heteroatoms. The second-order valence-electron chi connectivity index (χ2n) is 0.574. The zero-order valence-corrected chi connectivity index (χ0v) is 7.64. The van der Waals surface area contributed by atoms with Crippen LogP contribution in [0.4, 0.5) is 0 Å². The maximum absolute atomic E-state index is 8.22. The maximum Gasteiger partial charge on any atom is 0.0757 e. The molecule has 0 saturated carbocycles. The number of hydrogen-bond donors (Lipinski definition) is 2. The van der Waals surface area contributed by atoms with E-state index in [2.05, 4.69) is 34.6 Å². The van der Waals surface area contributed by atoms with Gasteiger partial charge in [-0.25, -0.2) is 5.90 Å². The van der Waals surface area contributed by atoms with Crippen LogP contribution < -0.4 is 5.90 Å². The summed E-state index contributed by atoms with van der Waals surface area (Å²) in [5, 5.41) is 0. The Morgan fingerprint density at radius 1 is 1.86 bits per heavy atom. The van der Waals surface area contributed by atoms with Gasteiger partial charge in [0.05, 0.1) is 5.69 Å². The number of hydrogen-bond acceptors (Lipinski definition) is 4. The van der Waals surface area contributed by atoms with E-state index in [0.717, 1.165) is 0 Å². The molecule has 0 fully saturated rings. The van der Waals surface area contributed by atoms with Crippen molar-refractivity contribution in [1.82, 2.24) is 0 Å². The summed E-state index contributed by atoms with van der Waals surface area (Å²) >= 11 is 8.24. The summed E-state index contributed by atoms with van der Waals surface area (Å²) in [6.07, 6.45) is 0. The van der Waals surface area contributed by atoms with Gasteiger partial charge in [-0.1, -0.05) is 11.8 Å². The van der Waals surface area contributed by atoms with Crippen molar-refractivity contribution < 1.29 is 30.6 Å². The third-order valence-electron chi connectivity index (χ3n) is 0.133. The molecule has 0 aliphatic rings. The molecular formula is H3MoNO2PS2-. The zero-order chi connectivity index (χ0) is 5.21. The van der Waals surface area contributed by atoms with Crippen LogP contribution in [0.5, 0.6) is 0 Å². The predicted octanol–water partition coefficient (Wildman–Crippen LogP) is -0.362. The van der Waals surface area contributed by atoms with E-state index in [1.165, 1.54) is 0 Å². The van der Waals surface area contributed by atoms with Gasteiger partial charge >= 0.3 is 0 Å². The topological polar surface area (TPSA) is 55.5 Å². The van der Waals surface area contributed by atoms with Gasteiger partial charge in [-0.15, -0.1) is 0 Å². The molecule has 44 valence electrons. The summed E-state index contributed by atoms with van der Waals surface area (Å²) in [6.45, 7) is 0. The fourth-order valence-electron chi connectivity index (χ4n) is 0. The molecule has 0 amide bonds. The number of rotatable bonds is 1. The first kappa shape index (κ1) is 11.4. The minimum atomic E-state index is -2.95. The van der Waals surface area contributed by atoms with E-state index in [1.54, 1.807) is 0 Å². The second kappa shape index (κ2) is 4.45. The van der Waals surface area contributed by atoms with E-state index in [9.17, 15) is 0 Å². The van der Waals surface area contributed by atoms with Crippen LogP contribution in [0, 0.1) is 0 Å². The fraction of sp³-hybridized carbons (Fsp3) is 0. The third kappa shape index (κ3) is 11.2. The molecule has 1 unspecified atom stereocenters. The van der Waals surface area contributed by atoms with Crippen molar-refractivity contribution in [2.45, 2.75) is 0 Å². The summed E-state index contributed by atoms with van der Waals surface area (Å²) in [7, 11) is 0. The molecule has 0 rings (SSSR count). The van der Waals surface area contributed by atoms with Gasteiger partial charge in [0, 0.05) is 21.1 Å². The Kier molecular flexibility index (Phi) is 7.23. The smallest absolute Gasteiger partial charge is 0.0757 e. The van der Waals surface area contributed by atoms with Crippen LogP contribution in [0.2, 0.25) is 0 Å². The van der Waals surface area contributed by atoms with Crippen LogP contribution >= 0.6 is 5.69 Å². The Morgan fingerprint density at radius 3 is 2.00 bits per heavy atom. The Hall–Kier alpha value is 1.57. The molecule has 3 N–H and O–H groups in total. The Bertz CT molecular complexity index is 79.8. The van der Waals surface area contributed by atoms with Crippen molar-refractivity contribution in [3.05, 3.63) is 0 Å². The molecule has 3 nitrogen and oxygen atoms in total. The first-order chi connectivity index (χ1) is 2.56. The largest absolute Gasteiger partial charge is 0.690 e. The first-order valence-electron chi connectivity index (χ1n) is 0.983. The van der Waals surface area contributed by atoms with Gasteiger partial charge in [0.15, 0.2) is 0 Å².